The maximum absolute atomic E-state index is 11.4. The van der Waals surface area contributed by atoms with Gasteiger partial charge in [-0.3, -0.25) is 10.2 Å². The Balaban J connectivity index is 2.78. The number of carbonyl (C=O) groups is 1. The number of aliphatic carboxylic acids is 1. The molecule has 1 aromatic carbocycles. The molecule has 18 heavy (non-hydrogen) atoms. The summed E-state index contributed by atoms with van der Waals surface area (Å²) >= 11 is 0. The number of nitrogens with one attached hydrogen (secondary N) is 1. The molecule has 0 spiro atoms. The zero-order valence-electron chi connectivity index (χ0n) is 11.3. The van der Waals surface area contributed by atoms with Crippen molar-refractivity contribution in [2.24, 2.45) is 0 Å². The van der Waals surface area contributed by atoms with E-state index in [1.54, 1.807) is 5.01 Å². The van der Waals surface area contributed by atoms with Gasteiger partial charge in [-0.05, 0) is 25.8 Å². The zero-order valence-corrected chi connectivity index (χ0v) is 11.3. The van der Waals surface area contributed by atoms with Crippen molar-refractivity contribution in [3.05, 3.63) is 35.9 Å². The van der Waals surface area contributed by atoms with Crippen molar-refractivity contribution in [2.75, 3.05) is 6.54 Å². The van der Waals surface area contributed by atoms with Crippen LogP contribution in [0.3, 0.4) is 0 Å². The lowest BCUT2D eigenvalue weighted by atomic mass is 10.1. The number of hydrogen-bond donors (Lipinski definition) is 2. The van der Waals surface area contributed by atoms with Gasteiger partial charge in [0, 0.05) is 12.6 Å². The Hall–Kier alpha value is -1.39. The van der Waals surface area contributed by atoms with E-state index in [2.05, 4.69) is 5.43 Å². The highest BCUT2D eigenvalue weighted by atomic mass is 16.4. The normalized spacial score (nSPS) is 12.9. The van der Waals surface area contributed by atoms with Crippen LogP contribution in [0.25, 0.3) is 0 Å². The molecular formula is C14H22N2O2. The van der Waals surface area contributed by atoms with Crippen LogP contribution in [0.5, 0.6) is 0 Å². The molecule has 4 nitrogen and oxygen atoms in total. The van der Waals surface area contributed by atoms with Crippen LogP contribution in [-0.4, -0.2) is 34.7 Å². The molecule has 1 atom stereocenters. The summed E-state index contributed by atoms with van der Waals surface area (Å²) in [6.45, 7) is 6.62. The lowest BCUT2D eigenvalue weighted by Gasteiger charge is -2.30. The van der Waals surface area contributed by atoms with Crippen molar-refractivity contribution < 1.29 is 9.90 Å². The van der Waals surface area contributed by atoms with Gasteiger partial charge in [-0.25, -0.2) is 5.01 Å². The van der Waals surface area contributed by atoms with Gasteiger partial charge in [0.2, 0.25) is 0 Å². The molecule has 0 aliphatic carbocycles. The third-order valence-corrected chi connectivity index (χ3v) is 2.70. The highest BCUT2D eigenvalue weighted by Gasteiger charge is 2.25. The van der Waals surface area contributed by atoms with Gasteiger partial charge in [-0.15, -0.1) is 0 Å². The molecule has 0 bridgehead atoms. The molecule has 0 heterocycles. The lowest BCUT2D eigenvalue weighted by molar-refractivity contribution is -0.144. The molecule has 0 radical (unpaired) electrons. The van der Waals surface area contributed by atoms with Gasteiger partial charge in [0.15, 0.2) is 0 Å². The monoisotopic (exact) mass is 250 g/mol. The number of hydrogen-bond acceptors (Lipinski definition) is 3. The molecular weight excluding hydrogens is 228 g/mol. The third kappa shape index (κ3) is 4.47. The van der Waals surface area contributed by atoms with E-state index in [1.807, 2.05) is 51.1 Å². The molecule has 0 fully saturated rings. The fraction of sp³-hybridized carbons (Fsp3) is 0.500. The Labute approximate surface area is 109 Å². The minimum atomic E-state index is -0.797. The number of carboxylic acids is 1. The van der Waals surface area contributed by atoms with Crippen LogP contribution in [0.2, 0.25) is 0 Å². The van der Waals surface area contributed by atoms with Crippen molar-refractivity contribution in [3.63, 3.8) is 0 Å². The summed E-state index contributed by atoms with van der Waals surface area (Å²) in [7, 11) is 0. The van der Waals surface area contributed by atoms with E-state index in [1.165, 1.54) is 0 Å². The lowest BCUT2D eigenvalue weighted by Crippen LogP contribution is -2.52. The first-order valence-corrected chi connectivity index (χ1v) is 6.34. The molecule has 0 aliphatic heterocycles. The topological polar surface area (TPSA) is 52.6 Å². The molecule has 0 saturated carbocycles. The van der Waals surface area contributed by atoms with E-state index in [0.717, 1.165) is 5.56 Å². The maximum atomic E-state index is 11.4. The SMILES string of the molecule is CCN(NC(C)C)[C@@H](Cc1ccccc1)C(=O)O. The smallest absolute Gasteiger partial charge is 0.322 e. The van der Waals surface area contributed by atoms with Gasteiger partial charge in [0.25, 0.3) is 0 Å². The molecule has 0 aromatic heterocycles. The first-order valence-electron chi connectivity index (χ1n) is 6.34. The first-order chi connectivity index (χ1) is 8.54. The van der Waals surface area contributed by atoms with Crippen molar-refractivity contribution in [3.8, 4) is 0 Å². The average Bonchev–Trinajstić information content (AvgIpc) is 2.34. The van der Waals surface area contributed by atoms with Crippen molar-refractivity contribution in [1.82, 2.24) is 10.4 Å². The standard InChI is InChI=1S/C14H22N2O2/c1-4-16(15-11(2)3)13(14(17)18)10-12-8-6-5-7-9-12/h5-9,11,13,15H,4,10H2,1-3H3,(H,17,18)/t13-/m0/s1. The summed E-state index contributed by atoms with van der Waals surface area (Å²) in [5, 5.41) is 11.2. The van der Waals surface area contributed by atoms with Crippen LogP contribution < -0.4 is 5.43 Å². The number of nitrogens with zero attached hydrogens (tertiary/aromatic N) is 1. The van der Waals surface area contributed by atoms with E-state index in [9.17, 15) is 9.90 Å². The number of rotatable bonds is 7. The fourth-order valence-electron chi connectivity index (χ4n) is 1.90. The number of likely N-dealkylation sites (N-methyl/N-ethyl adjacent to an activating group) is 1. The van der Waals surface area contributed by atoms with Crippen LogP contribution in [0, 0.1) is 0 Å². The summed E-state index contributed by atoms with van der Waals surface area (Å²) in [5.74, 6) is -0.797. The largest absolute Gasteiger partial charge is 0.480 e. The highest BCUT2D eigenvalue weighted by molar-refractivity contribution is 5.73. The summed E-state index contributed by atoms with van der Waals surface area (Å²) in [6, 6.07) is 9.39. The molecule has 0 saturated heterocycles. The number of benzene rings is 1. The van der Waals surface area contributed by atoms with Gasteiger partial charge in [0.1, 0.15) is 6.04 Å². The van der Waals surface area contributed by atoms with Crippen molar-refractivity contribution in [1.29, 1.82) is 0 Å². The minimum absolute atomic E-state index is 0.225. The Morgan fingerprint density at radius 2 is 1.94 bits per heavy atom. The predicted octanol–water partition coefficient (Wildman–Crippen LogP) is 1.92. The summed E-state index contributed by atoms with van der Waals surface area (Å²) < 4.78 is 0. The van der Waals surface area contributed by atoms with E-state index in [4.69, 9.17) is 0 Å². The maximum Gasteiger partial charge on any atom is 0.322 e. The molecule has 1 rings (SSSR count). The molecule has 100 valence electrons. The van der Waals surface area contributed by atoms with Crippen LogP contribution >= 0.6 is 0 Å². The Bertz CT molecular complexity index is 365. The van der Waals surface area contributed by atoms with Crippen LogP contribution in [-0.2, 0) is 11.2 Å². The Kier molecular flexibility index (Phi) is 5.82. The summed E-state index contributed by atoms with van der Waals surface area (Å²) in [4.78, 5) is 11.4. The predicted molar refractivity (Wildman–Crippen MR) is 72.2 cm³/mol. The molecule has 0 aliphatic rings. The zero-order chi connectivity index (χ0) is 13.5. The molecule has 0 amide bonds. The Morgan fingerprint density at radius 3 is 2.39 bits per heavy atom. The second-order valence-electron chi connectivity index (χ2n) is 4.61. The van der Waals surface area contributed by atoms with Gasteiger partial charge < -0.3 is 5.11 Å². The first kappa shape index (κ1) is 14.7. The van der Waals surface area contributed by atoms with E-state index in [-0.39, 0.29) is 6.04 Å². The summed E-state index contributed by atoms with van der Waals surface area (Å²) in [5.41, 5.74) is 4.22. The van der Waals surface area contributed by atoms with Gasteiger partial charge in [-0.2, -0.15) is 0 Å². The second-order valence-corrected chi connectivity index (χ2v) is 4.61. The fourth-order valence-corrected chi connectivity index (χ4v) is 1.90. The third-order valence-electron chi connectivity index (χ3n) is 2.70. The molecule has 0 unspecified atom stereocenters. The molecule has 4 heteroatoms. The van der Waals surface area contributed by atoms with E-state index >= 15 is 0 Å². The molecule has 1 aromatic rings. The van der Waals surface area contributed by atoms with Crippen LogP contribution in [0.15, 0.2) is 30.3 Å². The number of carboxylic acid groups (broad SMARTS) is 1. The minimum Gasteiger partial charge on any atom is -0.480 e. The highest BCUT2D eigenvalue weighted by Crippen LogP contribution is 2.08. The van der Waals surface area contributed by atoms with Gasteiger partial charge in [0.05, 0.1) is 0 Å². The Morgan fingerprint density at radius 1 is 1.33 bits per heavy atom. The average molecular weight is 250 g/mol. The van der Waals surface area contributed by atoms with Crippen molar-refractivity contribution in [2.45, 2.75) is 39.3 Å². The van der Waals surface area contributed by atoms with E-state index in [0.29, 0.717) is 13.0 Å². The number of hydrazine groups is 1. The second kappa shape index (κ2) is 7.13. The van der Waals surface area contributed by atoms with Gasteiger partial charge >= 0.3 is 5.97 Å². The quantitative estimate of drug-likeness (QED) is 0.726. The molecule has 2 N–H and O–H groups in total. The van der Waals surface area contributed by atoms with Crippen LogP contribution in [0.1, 0.15) is 26.3 Å². The summed E-state index contributed by atoms with van der Waals surface area (Å²) in [6.07, 6.45) is 0.504. The van der Waals surface area contributed by atoms with E-state index < -0.39 is 12.0 Å². The van der Waals surface area contributed by atoms with Crippen molar-refractivity contribution >= 4 is 5.97 Å². The van der Waals surface area contributed by atoms with Crippen LogP contribution in [0.4, 0.5) is 0 Å². The van der Waals surface area contributed by atoms with Gasteiger partial charge in [-0.1, -0.05) is 37.3 Å².